The quantitative estimate of drug-likeness (QED) is 0.150. The number of aliphatic imine (C=N–C) groups is 1. The largest absolute Gasteiger partial charge is 0.394 e. The van der Waals surface area contributed by atoms with Crippen molar-refractivity contribution in [3.63, 3.8) is 0 Å². The van der Waals surface area contributed by atoms with E-state index in [0.29, 0.717) is 23.2 Å². The average molecular weight is 512 g/mol. The normalized spacial score (nSPS) is 10.8. The van der Waals surface area contributed by atoms with Crippen molar-refractivity contribution < 1.29 is 21.0 Å². The molecule has 0 bridgehead atoms. The van der Waals surface area contributed by atoms with Crippen LogP contribution in [0.25, 0.3) is 0 Å². The molecule has 2 aromatic rings. The summed E-state index contributed by atoms with van der Waals surface area (Å²) in [5.41, 5.74) is 5.62. The molecule has 0 fully saturated rings. The number of rotatable bonds is 8. The number of para-hydroxylation sites is 2. The molecular formula is C29H44NNiOP. The van der Waals surface area contributed by atoms with E-state index in [1.165, 1.54) is 17.2 Å². The Morgan fingerprint density at radius 1 is 0.879 bits per heavy atom. The van der Waals surface area contributed by atoms with Crippen LogP contribution in [0.15, 0.2) is 60.1 Å². The van der Waals surface area contributed by atoms with Gasteiger partial charge in [-0.2, -0.15) is 0 Å². The van der Waals surface area contributed by atoms with Crippen molar-refractivity contribution in [1.82, 2.24) is 0 Å². The SMILES string of the molecule is C=C[CH2-].CC(C)c1cccc(C(C)C)c1N=[C-]c1ccccc1O[PH+](C(C)C)C(C)C.[CH3+].[Ni]. The first-order chi connectivity index (χ1) is 14.6. The van der Waals surface area contributed by atoms with Crippen molar-refractivity contribution in [3.8, 4) is 5.75 Å². The molecule has 0 atom stereocenters. The molecule has 0 saturated heterocycles. The van der Waals surface area contributed by atoms with Crippen molar-refractivity contribution in [2.45, 2.75) is 78.5 Å². The van der Waals surface area contributed by atoms with Crippen LogP contribution in [0.4, 0.5) is 5.69 Å². The molecule has 0 N–H and O–H groups in total. The summed E-state index contributed by atoms with van der Waals surface area (Å²) >= 11 is 0. The first kappa shape index (κ1) is 33.5. The van der Waals surface area contributed by atoms with Crippen molar-refractivity contribution in [3.05, 3.63) is 86.2 Å². The summed E-state index contributed by atoms with van der Waals surface area (Å²) in [6.45, 7) is 24.4. The number of allylic oxidation sites excluding steroid dienone is 1. The predicted octanol–water partition coefficient (Wildman–Crippen LogP) is 9.34. The Morgan fingerprint density at radius 3 is 1.76 bits per heavy atom. The van der Waals surface area contributed by atoms with Crippen LogP contribution in [-0.2, 0) is 16.5 Å². The van der Waals surface area contributed by atoms with Gasteiger partial charge in [-0.3, -0.25) is 0 Å². The monoisotopic (exact) mass is 511 g/mol. The Morgan fingerprint density at radius 2 is 1.33 bits per heavy atom. The van der Waals surface area contributed by atoms with Gasteiger partial charge >= 0.3 is 0 Å². The van der Waals surface area contributed by atoms with Gasteiger partial charge in [-0.1, -0.05) is 74.7 Å². The molecule has 0 saturated carbocycles. The molecule has 4 heteroatoms. The Hall–Kier alpha value is -1.69. The Balaban J connectivity index is 0. The minimum atomic E-state index is -0.959. The molecule has 0 unspecified atom stereocenters. The third kappa shape index (κ3) is 10.4. The fourth-order valence-electron chi connectivity index (χ4n) is 3.43. The van der Waals surface area contributed by atoms with E-state index in [-0.39, 0.29) is 23.9 Å². The van der Waals surface area contributed by atoms with Crippen molar-refractivity contribution in [1.29, 1.82) is 0 Å². The van der Waals surface area contributed by atoms with Crippen molar-refractivity contribution >= 4 is 20.1 Å². The Labute approximate surface area is 216 Å². The first-order valence-corrected chi connectivity index (χ1v) is 12.8. The summed E-state index contributed by atoms with van der Waals surface area (Å²) < 4.78 is 6.49. The number of hydrogen-bond donors (Lipinski definition) is 0. The molecule has 2 nitrogen and oxygen atoms in total. The number of nitrogens with zero attached hydrogens (tertiary/aromatic N) is 1. The fraction of sp³-hybridized carbons (Fsp3) is 0.414. The molecule has 0 aliphatic heterocycles. The van der Waals surface area contributed by atoms with E-state index in [0.717, 1.165) is 17.0 Å². The minimum Gasteiger partial charge on any atom is -0.394 e. The van der Waals surface area contributed by atoms with Crippen LogP contribution in [0, 0.1) is 14.4 Å². The van der Waals surface area contributed by atoms with Gasteiger partial charge in [0.1, 0.15) is 0 Å². The van der Waals surface area contributed by atoms with E-state index in [1.54, 1.807) is 0 Å². The summed E-state index contributed by atoms with van der Waals surface area (Å²) in [5, 5.41) is 0. The molecule has 0 spiro atoms. The molecule has 0 heterocycles. The van der Waals surface area contributed by atoms with Crippen molar-refractivity contribution in [2.75, 3.05) is 0 Å². The maximum atomic E-state index is 6.49. The number of hydrogen-bond acceptors (Lipinski definition) is 2. The maximum Gasteiger partial charge on any atom is 0.169 e. The summed E-state index contributed by atoms with van der Waals surface area (Å²) in [6.07, 6.45) is 4.82. The molecule has 33 heavy (non-hydrogen) atoms. The molecule has 0 aliphatic rings. The van der Waals surface area contributed by atoms with E-state index in [2.05, 4.69) is 93.3 Å². The molecule has 0 aromatic heterocycles. The van der Waals surface area contributed by atoms with E-state index in [9.17, 15) is 0 Å². The smallest absolute Gasteiger partial charge is 0.169 e. The number of benzene rings is 2. The van der Waals surface area contributed by atoms with E-state index >= 15 is 0 Å². The molecule has 186 valence electrons. The van der Waals surface area contributed by atoms with Crippen LogP contribution in [0.2, 0.25) is 0 Å². The average Bonchev–Trinajstić information content (AvgIpc) is 2.70. The zero-order chi connectivity index (χ0) is 23.6. The van der Waals surface area contributed by atoms with Gasteiger partial charge < -0.3 is 9.52 Å². The van der Waals surface area contributed by atoms with Crippen LogP contribution < -0.4 is 4.52 Å². The summed E-state index contributed by atoms with van der Waals surface area (Å²) in [6, 6.07) is 14.6. The fourth-order valence-corrected chi connectivity index (χ4v) is 5.67. The molecule has 2 rings (SSSR count). The van der Waals surface area contributed by atoms with Gasteiger partial charge in [0.05, 0.1) is 17.1 Å². The second-order valence-electron chi connectivity index (χ2n) is 8.92. The van der Waals surface area contributed by atoms with Gasteiger partial charge in [-0.05, 0) is 51.4 Å². The van der Waals surface area contributed by atoms with Gasteiger partial charge in [-0.15, -0.1) is 12.1 Å². The minimum absolute atomic E-state index is 0. The first-order valence-electron chi connectivity index (χ1n) is 11.3. The van der Waals surface area contributed by atoms with E-state index in [4.69, 9.17) is 9.52 Å². The van der Waals surface area contributed by atoms with Gasteiger partial charge in [0.15, 0.2) is 8.15 Å². The zero-order valence-corrected chi connectivity index (χ0v) is 24.0. The van der Waals surface area contributed by atoms with Gasteiger partial charge in [0, 0.05) is 23.9 Å². The topological polar surface area (TPSA) is 21.6 Å². The van der Waals surface area contributed by atoms with E-state index < -0.39 is 8.15 Å². The molecule has 0 aliphatic carbocycles. The third-order valence-electron chi connectivity index (χ3n) is 4.88. The van der Waals surface area contributed by atoms with Crippen LogP contribution in [0.3, 0.4) is 0 Å². The van der Waals surface area contributed by atoms with Gasteiger partial charge in [0.25, 0.3) is 0 Å². The molecular weight excluding hydrogens is 468 g/mol. The summed E-state index contributed by atoms with van der Waals surface area (Å²) in [5.74, 6) is 1.74. The summed E-state index contributed by atoms with van der Waals surface area (Å²) in [7, 11) is -0.959. The standard InChI is InChI=1S/C25H35NOP.C3H5.CH3.Ni/c1-17(2)22-13-11-14-23(18(3)4)25(22)26-16-21-12-9-10-15-24(21)27-28(19(5)6)20(7)8;1-3-2;;/h9-15,17-20H,1-8H3;3H,1-2H2;1H3;/q2*-1;+1;/p+1. The molecule has 0 amide bonds. The van der Waals surface area contributed by atoms with Crippen LogP contribution >= 0.6 is 8.15 Å². The third-order valence-corrected chi connectivity index (χ3v) is 7.62. The maximum absolute atomic E-state index is 6.49. The van der Waals surface area contributed by atoms with Crippen LogP contribution in [-0.4, -0.2) is 17.5 Å². The van der Waals surface area contributed by atoms with Crippen LogP contribution in [0.1, 0.15) is 83.9 Å². The second-order valence-corrected chi connectivity index (χ2v) is 12.2. The van der Waals surface area contributed by atoms with Gasteiger partial charge in [-0.25, -0.2) is 19.6 Å². The van der Waals surface area contributed by atoms with Crippen LogP contribution in [0.5, 0.6) is 5.75 Å². The predicted molar refractivity (Wildman–Crippen MR) is 148 cm³/mol. The zero-order valence-electron chi connectivity index (χ0n) is 22.0. The van der Waals surface area contributed by atoms with E-state index in [1.807, 2.05) is 24.3 Å². The summed E-state index contributed by atoms with van der Waals surface area (Å²) in [4.78, 5) is 4.86. The molecule has 0 radical (unpaired) electrons. The van der Waals surface area contributed by atoms with Gasteiger partial charge in [0.2, 0.25) is 0 Å². The Kier molecular flexibility index (Phi) is 17.1. The molecule has 2 aromatic carbocycles. The second kappa shape index (κ2) is 16.9. The van der Waals surface area contributed by atoms with Crippen molar-refractivity contribution in [2.24, 2.45) is 4.99 Å². The Bertz CT molecular complexity index is 809.